The number of hydrogen-bond donors (Lipinski definition) is 1. The summed E-state index contributed by atoms with van der Waals surface area (Å²) in [5.74, 6) is -0.962. The second-order valence-corrected chi connectivity index (χ2v) is 5.39. The number of carbonyl (C=O) groups is 2. The first-order chi connectivity index (χ1) is 11.2. The summed E-state index contributed by atoms with van der Waals surface area (Å²) in [6.07, 6.45) is 2.85. The van der Waals surface area contributed by atoms with Gasteiger partial charge in [0.15, 0.2) is 10.8 Å². The van der Waals surface area contributed by atoms with Crippen molar-refractivity contribution in [3.63, 3.8) is 0 Å². The Morgan fingerprint density at radius 2 is 2.04 bits per heavy atom. The van der Waals surface area contributed by atoms with Crippen LogP contribution in [0, 0.1) is 0 Å². The van der Waals surface area contributed by atoms with Crippen LogP contribution in [0.2, 0.25) is 0 Å². The van der Waals surface area contributed by atoms with Gasteiger partial charge in [-0.2, -0.15) is 0 Å². The molecule has 0 atom stereocenters. The van der Waals surface area contributed by atoms with Crippen LogP contribution in [0.25, 0.3) is 5.69 Å². The topological polar surface area (TPSA) is 99.0 Å². The van der Waals surface area contributed by atoms with Crippen molar-refractivity contribution in [3.05, 3.63) is 53.3 Å². The van der Waals surface area contributed by atoms with Gasteiger partial charge in [0.1, 0.15) is 4.88 Å². The first-order valence-corrected chi connectivity index (χ1v) is 7.32. The van der Waals surface area contributed by atoms with E-state index in [0.717, 1.165) is 17.0 Å². The van der Waals surface area contributed by atoms with Gasteiger partial charge in [0.25, 0.3) is 5.91 Å². The Balaban J connectivity index is 1.73. The molecule has 1 aromatic carbocycles. The number of nitrogens with zero attached hydrogens (tertiary/aromatic N) is 4. The number of aromatic nitrogens is 4. The van der Waals surface area contributed by atoms with Crippen molar-refractivity contribution >= 4 is 28.3 Å². The molecule has 0 saturated carbocycles. The Labute approximate surface area is 134 Å². The highest BCUT2D eigenvalue weighted by Gasteiger charge is 2.16. The monoisotopic (exact) mass is 329 g/mol. The zero-order valence-corrected chi connectivity index (χ0v) is 12.8. The number of anilines is 1. The van der Waals surface area contributed by atoms with E-state index in [1.54, 1.807) is 0 Å². The number of methoxy groups -OCH3 is 1. The van der Waals surface area contributed by atoms with Crippen LogP contribution in [0.15, 0.2) is 42.7 Å². The molecule has 0 fully saturated rings. The highest BCUT2D eigenvalue weighted by Crippen LogP contribution is 2.19. The Hall–Kier alpha value is -3.07. The minimum Gasteiger partial charge on any atom is -0.465 e. The van der Waals surface area contributed by atoms with Crippen LogP contribution in [0.3, 0.4) is 0 Å². The van der Waals surface area contributed by atoms with Gasteiger partial charge in [-0.15, -0.1) is 5.10 Å². The molecule has 2 heterocycles. The van der Waals surface area contributed by atoms with Crippen molar-refractivity contribution in [1.82, 2.24) is 20.0 Å². The van der Waals surface area contributed by atoms with E-state index in [9.17, 15) is 9.59 Å². The number of esters is 1. The van der Waals surface area contributed by atoms with E-state index >= 15 is 0 Å². The predicted molar refractivity (Wildman–Crippen MR) is 82.8 cm³/mol. The maximum atomic E-state index is 12.1. The van der Waals surface area contributed by atoms with Gasteiger partial charge in [-0.25, -0.2) is 14.5 Å². The second kappa shape index (κ2) is 6.36. The number of rotatable bonds is 4. The molecule has 23 heavy (non-hydrogen) atoms. The number of amides is 1. The Kier molecular flexibility index (Phi) is 4.11. The van der Waals surface area contributed by atoms with Crippen LogP contribution in [-0.4, -0.2) is 39.0 Å². The van der Waals surface area contributed by atoms with E-state index in [4.69, 9.17) is 0 Å². The molecule has 0 unspecified atom stereocenters. The summed E-state index contributed by atoms with van der Waals surface area (Å²) in [6, 6.07) is 9.30. The number of nitrogens with one attached hydrogen (secondary N) is 1. The molecule has 0 spiro atoms. The van der Waals surface area contributed by atoms with Crippen LogP contribution >= 0.6 is 11.3 Å². The lowest BCUT2D eigenvalue weighted by Crippen LogP contribution is -2.12. The van der Waals surface area contributed by atoms with Gasteiger partial charge in [-0.1, -0.05) is 34.7 Å². The van der Waals surface area contributed by atoms with Gasteiger partial charge in [-0.05, 0) is 12.1 Å². The van der Waals surface area contributed by atoms with Crippen molar-refractivity contribution < 1.29 is 14.3 Å². The van der Waals surface area contributed by atoms with E-state index in [0.29, 0.717) is 4.88 Å². The molecule has 0 aliphatic carbocycles. The number of ether oxygens (including phenoxy) is 1. The number of carbonyl (C=O) groups excluding carboxylic acids is 2. The molecule has 0 aliphatic heterocycles. The highest BCUT2D eigenvalue weighted by atomic mass is 32.1. The number of benzene rings is 1. The summed E-state index contributed by atoms with van der Waals surface area (Å²) in [7, 11) is 1.28. The van der Waals surface area contributed by atoms with Crippen LogP contribution in [0.5, 0.6) is 0 Å². The smallest absolute Gasteiger partial charge is 0.349 e. The molecule has 9 heteroatoms. The second-order valence-electron chi connectivity index (χ2n) is 4.36. The van der Waals surface area contributed by atoms with E-state index in [-0.39, 0.29) is 10.8 Å². The minimum atomic E-state index is -0.502. The average molecular weight is 329 g/mol. The van der Waals surface area contributed by atoms with Crippen molar-refractivity contribution in [3.8, 4) is 5.69 Å². The molecular weight excluding hydrogens is 318 g/mol. The van der Waals surface area contributed by atoms with Crippen LogP contribution in [0.1, 0.15) is 20.2 Å². The van der Waals surface area contributed by atoms with Gasteiger partial charge in [-0.3, -0.25) is 10.1 Å². The quantitative estimate of drug-likeness (QED) is 0.732. The van der Waals surface area contributed by atoms with Crippen molar-refractivity contribution in [1.29, 1.82) is 0 Å². The first kappa shape index (κ1) is 14.9. The fourth-order valence-electron chi connectivity index (χ4n) is 1.76. The number of thiazole rings is 1. The third-order valence-electron chi connectivity index (χ3n) is 2.86. The summed E-state index contributed by atoms with van der Waals surface area (Å²) >= 11 is 1.02. The third kappa shape index (κ3) is 3.24. The molecule has 3 rings (SSSR count). The molecule has 0 bridgehead atoms. The highest BCUT2D eigenvalue weighted by molar-refractivity contribution is 7.17. The van der Waals surface area contributed by atoms with Crippen molar-refractivity contribution in [2.75, 3.05) is 12.4 Å². The molecule has 2 aromatic heterocycles. The molecule has 8 nitrogen and oxygen atoms in total. The molecular formula is C14H11N5O3S. The zero-order chi connectivity index (χ0) is 16.2. The van der Waals surface area contributed by atoms with Gasteiger partial charge in [0.05, 0.1) is 25.2 Å². The molecule has 3 aromatic rings. The molecule has 0 radical (unpaired) electrons. The third-order valence-corrected chi connectivity index (χ3v) is 3.75. The Morgan fingerprint density at radius 1 is 1.26 bits per heavy atom. The minimum absolute atomic E-state index is 0.142. The first-order valence-electron chi connectivity index (χ1n) is 6.50. The van der Waals surface area contributed by atoms with E-state index < -0.39 is 11.9 Å². The van der Waals surface area contributed by atoms with Crippen LogP contribution in [0.4, 0.5) is 5.13 Å². The van der Waals surface area contributed by atoms with E-state index in [1.165, 1.54) is 24.2 Å². The summed E-state index contributed by atoms with van der Waals surface area (Å²) in [6.45, 7) is 0. The summed E-state index contributed by atoms with van der Waals surface area (Å²) < 4.78 is 6.08. The molecule has 1 amide bonds. The standard InChI is InChI=1S/C14H11N5O3S/c1-22-13(21)11-7-15-14(23-11)16-12(20)10-8-19(18-17-10)9-5-3-2-4-6-9/h2-8H,1H3,(H,15,16,20). The fourth-order valence-corrected chi connectivity index (χ4v) is 2.49. The van der Waals surface area contributed by atoms with E-state index in [2.05, 4.69) is 25.3 Å². The number of para-hydroxylation sites is 1. The molecule has 1 N–H and O–H groups in total. The lowest BCUT2D eigenvalue weighted by molar-refractivity contribution is 0.0606. The van der Waals surface area contributed by atoms with Gasteiger partial charge in [0.2, 0.25) is 0 Å². The van der Waals surface area contributed by atoms with Crippen LogP contribution in [-0.2, 0) is 4.74 Å². The van der Waals surface area contributed by atoms with Gasteiger partial charge in [0, 0.05) is 0 Å². The average Bonchev–Trinajstić information content (AvgIpc) is 3.24. The van der Waals surface area contributed by atoms with Crippen molar-refractivity contribution in [2.24, 2.45) is 0 Å². The Morgan fingerprint density at radius 3 is 2.78 bits per heavy atom. The van der Waals surface area contributed by atoms with Crippen LogP contribution < -0.4 is 5.32 Å². The number of hydrogen-bond acceptors (Lipinski definition) is 7. The maximum absolute atomic E-state index is 12.1. The Bertz CT molecular complexity index is 843. The molecule has 0 saturated heterocycles. The lowest BCUT2D eigenvalue weighted by atomic mass is 10.3. The zero-order valence-electron chi connectivity index (χ0n) is 12.0. The summed E-state index contributed by atoms with van der Waals surface area (Å²) in [4.78, 5) is 27.7. The molecule has 0 aliphatic rings. The van der Waals surface area contributed by atoms with Gasteiger partial charge >= 0.3 is 5.97 Å². The maximum Gasteiger partial charge on any atom is 0.349 e. The fraction of sp³-hybridized carbons (Fsp3) is 0.0714. The SMILES string of the molecule is COC(=O)c1cnc(NC(=O)c2cn(-c3ccccc3)nn2)s1. The normalized spacial score (nSPS) is 10.3. The lowest BCUT2D eigenvalue weighted by Gasteiger charge is -1.98. The summed E-state index contributed by atoms with van der Waals surface area (Å²) in [5, 5.41) is 10.6. The van der Waals surface area contributed by atoms with Crippen molar-refractivity contribution in [2.45, 2.75) is 0 Å². The van der Waals surface area contributed by atoms with E-state index in [1.807, 2.05) is 30.3 Å². The predicted octanol–water partition coefficient (Wildman–Crippen LogP) is 1.76. The molecule has 116 valence electrons. The van der Waals surface area contributed by atoms with Gasteiger partial charge < -0.3 is 4.74 Å². The summed E-state index contributed by atoms with van der Waals surface area (Å²) in [5.41, 5.74) is 0.935. The largest absolute Gasteiger partial charge is 0.465 e.